The monoisotopic (exact) mass is 356 g/mol. The van der Waals surface area contributed by atoms with Crippen molar-refractivity contribution in [2.75, 3.05) is 11.9 Å². The predicted octanol–water partition coefficient (Wildman–Crippen LogP) is 4.92. The summed E-state index contributed by atoms with van der Waals surface area (Å²) >= 11 is 5.83. The Kier molecular flexibility index (Phi) is 5.31. The lowest BCUT2D eigenvalue weighted by Crippen LogP contribution is -2.30. The number of benzene rings is 3. The summed E-state index contributed by atoms with van der Waals surface area (Å²) in [6.45, 7) is 2.06. The largest absolute Gasteiger partial charge is 0.322 e. The number of anilines is 1. The van der Waals surface area contributed by atoms with E-state index in [2.05, 4.69) is 28.8 Å². The standard InChI is InChI=1S/C20H18ClFN2O/c1-13(16-8-4-6-14-5-2-3-7-17(14)16)23-12-20(25)24-19-11-15(21)9-10-18(19)22/h2-11,13,23H,12H2,1H3,(H,24,25)/t13-/m1/s1. The Balaban J connectivity index is 1.66. The highest BCUT2D eigenvalue weighted by atomic mass is 35.5. The van der Waals surface area contributed by atoms with Crippen molar-refractivity contribution in [1.82, 2.24) is 5.32 Å². The molecule has 0 unspecified atom stereocenters. The predicted molar refractivity (Wildman–Crippen MR) is 100 cm³/mol. The van der Waals surface area contributed by atoms with Gasteiger partial charge in [0.15, 0.2) is 0 Å². The van der Waals surface area contributed by atoms with Crippen LogP contribution >= 0.6 is 11.6 Å². The third kappa shape index (κ3) is 4.16. The number of nitrogens with one attached hydrogen (secondary N) is 2. The van der Waals surface area contributed by atoms with Gasteiger partial charge in [-0.3, -0.25) is 4.79 Å². The molecule has 1 atom stereocenters. The molecule has 5 heteroatoms. The summed E-state index contributed by atoms with van der Waals surface area (Å²) in [4.78, 5) is 12.1. The molecule has 0 saturated heterocycles. The number of carbonyl (C=O) groups excluding carboxylic acids is 1. The van der Waals surface area contributed by atoms with E-state index in [9.17, 15) is 9.18 Å². The Bertz CT molecular complexity index is 908. The van der Waals surface area contributed by atoms with E-state index in [0.29, 0.717) is 5.02 Å². The SMILES string of the molecule is C[C@@H](NCC(=O)Nc1cc(Cl)ccc1F)c1cccc2ccccc12. The summed E-state index contributed by atoms with van der Waals surface area (Å²) in [5.41, 5.74) is 1.19. The molecule has 0 aliphatic carbocycles. The van der Waals surface area contributed by atoms with E-state index in [1.807, 2.05) is 31.2 Å². The summed E-state index contributed by atoms with van der Waals surface area (Å²) in [5, 5.41) is 8.38. The molecular formula is C20H18ClFN2O. The van der Waals surface area contributed by atoms with Gasteiger partial charge in [0.2, 0.25) is 5.91 Å². The molecule has 3 nitrogen and oxygen atoms in total. The van der Waals surface area contributed by atoms with Crippen LogP contribution in [0.3, 0.4) is 0 Å². The first kappa shape index (κ1) is 17.4. The Morgan fingerprint density at radius 1 is 1.12 bits per heavy atom. The van der Waals surface area contributed by atoms with Crippen molar-refractivity contribution in [3.05, 3.63) is 77.1 Å². The molecule has 0 spiro atoms. The number of hydrogen-bond donors (Lipinski definition) is 2. The van der Waals surface area contributed by atoms with Gasteiger partial charge in [-0.1, -0.05) is 54.1 Å². The van der Waals surface area contributed by atoms with Crippen LogP contribution in [0, 0.1) is 5.82 Å². The third-order valence-electron chi connectivity index (χ3n) is 4.06. The normalized spacial score (nSPS) is 12.1. The topological polar surface area (TPSA) is 41.1 Å². The maximum Gasteiger partial charge on any atom is 0.238 e. The average Bonchev–Trinajstić information content (AvgIpc) is 2.62. The van der Waals surface area contributed by atoms with Gasteiger partial charge in [0.1, 0.15) is 5.82 Å². The second-order valence-corrected chi connectivity index (χ2v) is 6.28. The molecule has 25 heavy (non-hydrogen) atoms. The lowest BCUT2D eigenvalue weighted by molar-refractivity contribution is -0.115. The van der Waals surface area contributed by atoms with Crippen molar-refractivity contribution < 1.29 is 9.18 Å². The lowest BCUT2D eigenvalue weighted by atomic mass is 10.00. The zero-order chi connectivity index (χ0) is 17.8. The van der Waals surface area contributed by atoms with Crippen LogP contribution in [-0.4, -0.2) is 12.5 Å². The van der Waals surface area contributed by atoms with Gasteiger partial charge in [-0.2, -0.15) is 0 Å². The van der Waals surface area contributed by atoms with Gasteiger partial charge in [0, 0.05) is 11.1 Å². The highest BCUT2D eigenvalue weighted by molar-refractivity contribution is 6.30. The zero-order valence-electron chi connectivity index (χ0n) is 13.7. The molecule has 3 aromatic carbocycles. The molecule has 0 radical (unpaired) electrons. The fourth-order valence-electron chi connectivity index (χ4n) is 2.77. The highest BCUT2D eigenvalue weighted by Crippen LogP contribution is 2.24. The number of fused-ring (bicyclic) bond motifs is 1. The maximum atomic E-state index is 13.7. The molecule has 0 aromatic heterocycles. The van der Waals surface area contributed by atoms with Crippen molar-refractivity contribution in [3.63, 3.8) is 0 Å². The molecule has 0 heterocycles. The summed E-state index contributed by atoms with van der Waals surface area (Å²) in [6.07, 6.45) is 0. The van der Waals surface area contributed by atoms with Gasteiger partial charge in [-0.15, -0.1) is 0 Å². The Labute approximate surface area is 150 Å². The van der Waals surface area contributed by atoms with E-state index >= 15 is 0 Å². The number of hydrogen-bond acceptors (Lipinski definition) is 2. The van der Waals surface area contributed by atoms with Crippen molar-refractivity contribution >= 4 is 34.0 Å². The molecular weight excluding hydrogens is 339 g/mol. The molecule has 0 saturated carbocycles. The first-order valence-electron chi connectivity index (χ1n) is 8.00. The van der Waals surface area contributed by atoms with E-state index in [-0.39, 0.29) is 24.2 Å². The molecule has 1 amide bonds. The summed E-state index contributed by atoms with van der Waals surface area (Å²) in [6, 6.07) is 18.2. The van der Waals surface area contributed by atoms with Gasteiger partial charge < -0.3 is 10.6 Å². The minimum Gasteiger partial charge on any atom is -0.322 e. The van der Waals surface area contributed by atoms with E-state index in [1.54, 1.807) is 0 Å². The lowest BCUT2D eigenvalue weighted by Gasteiger charge is -2.16. The summed E-state index contributed by atoms with van der Waals surface area (Å²) < 4.78 is 13.7. The highest BCUT2D eigenvalue weighted by Gasteiger charge is 2.12. The van der Waals surface area contributed by atoms with E-state index < -0.39 is 5.82 Å². The maximum absolute atomic E-state index is 13.7. The third-order valence-corrected chi connectivity index (χ3v) is 4.30. The molecule has 0 bridgehead atoms. The minimum absolute atomic E-state index is 0.0268. The van der Waals surface area contributed by atoms with Crippen LogP contribution in [0.4, 0.5) is 10.1 Å². The Hall–Kier alpha value is -2.43. The summed E-state index contributed by atoms with van der Waals surface area (Å²) in [5.74, 6) is -0.840. The van der Waals surface area contributed by atoms with Gasteiger partial charge in [-0.25, -0.2) is 4.39 Å². The van der Waals surface area contributed by atoms with Gasteiger partial charge in [0.25, 0.3) is 0 Å². The molecule has 2 N–H and O–H groups in total. The molecule has 0 aliphatic heterocycles. The molecule has 3 rings (SSSR count). The van der Waals surface area contributed by atoms with Gasteiger partial charge in [0.05, 0.1) is 12.2 Å². The second kappa shape index (κ2) is 7.64. The fourth-order valence-corrected chi connectivity index (χ4v) is 2.94. The smallest absolute Gasteiger partial charge is 0.238 e. The van der Waals surface area contributed by atoms with Crippen LogP contribution < -0.4 is 10.6 Å². The van der Waals surface area contributed by atoms with Crippen LogP contribution in [0.1, 0.15) is 18.5 Å². The number of carbonyl (C=O) groups is 1. The van der Waals surface area contributed by atoms with Crippen LogP contribution in [-0.2, 0) is 4.79 Å². The number of rotatable bonds is 5. The Morgan fingerprint density at radius 2 is 1.88 bits per heavy atom. The first-order valence-corrected chi connectivity index (χ1v) is 8.38. The zero-order valence-corrected chi connectivity index (χ0v) is 14.5. The van der Waals surface area contributed by atoms with Gasteiger partial charge >= 0.3 is 0 Å². The molecule has 0 aliphatic rings. The summed E-state index contributed by atoms with van der Waals surface area (Å²) in [7, 11) is 0. The minimum atomic E-state index is -0.514. The van der Waals surface area contributed by atoms with E-state index in [4.69, 9.17) is 11.6 Å². The van der Waals surface area contributed by atoms with Crippen LogP contribution in [0.2, 0.25) is 5.02 Å². The van der Waals surface area contributed by atoms with Crippen LogP contribution in [0.25, 0.3) is 10.8 Å². The van der Waals surface area contributed by atoms with Crippen molar-refractivity contribution in [3.8, 4) is 0 Å². The van der Waals surface area contributed by atoms with Crippen LogP contribution in [0.15, 0.2) is 60.7 Å². The number of amides is 1. The Morgan fingerprint density at radius 3 is 2.72 bits per heavy atom. The van der Waals surface area contributed by atoms with Crippen molar-refractivity contribution in [2.24, 2.45) is 0 Å². The first-order chi connectivity index (χ1) is 12.0. The van der Waals surface area contributed by atoms with Gasteiger partial charge in [-0.05, 0) is 41.5 Å². The van der Waals surface area contributed by atoms with Crippen molar-refractivity contribution in [2.45, 2.75) is 13.0 Å². The fraction of sp³-hybridized carbons (Fsp3) is 0.150. The molecule has 3 aromatic rings. The van der Waals surface area contributed by atoms with Crippen molar-refractivity contribution in [1.29, 1.82) is 0 Å². The number of halogens is 2. The van der Waals surface area contributed by atoms with Crippen LogP contribution in [0.5, 0.6) is 0 Å². The average molecular weight is 357 g/mol. The second-order valence-electron chi connectivity index (χ2n) is 5.84. The quantitative estimate of drug-likeness (QED) is 0.681. The van der Waals surface area contributed by atoms with E-state index in [1.165, 1.54) is 18.2 Å². The molecule has 128 valence electrons. The van der Waals surface area contributed by atoms with E-state index in [0.717, 1.165) is 16.3 Å². The molecule has 0 fully saturated rings.